The highest BCUT2D eigenvalue weighted by molar-refractivity contribution is 5.94. The van der Waals surface area contributed by atoms with E-state index in [2.05, 4.69) is 52.1 Å². The van der Waals surface area contributed by atoms with Crippen molar-refractivity contribution >= 4 is 5.91 Å². The molecule has 5 heteroatoms. The van der Waals surface area contributed by atoms with E-state index in [-0.39, 0.29) is 5.91 Å². The van der Waals surface area contributed by atoms with Gasteiger partial charge in [0.05, 0.1) is 0 Å². The molecule has 146 valence electrons. The number of carbonyl (C=O) groups is 1. The molecule has 0 saturated carbocycles. The number of carbonyl (C=O) groups excluding carboxylic acids is 1. The van der Waals surface area contributed by atoms with Crippen LogP contribution in [-0.4, -0.2) is 54.5 Å². The predicted octanol–water partition coefficient (Wildman–Crippen LogP) is 2.15. The lowest BCUT2D eigenvalue weighted by atomic mass is 10.0. The van der Waals surface area contributed by atoms with E-state index in [0.29, 0.717) is 12.1 Å². The van der Waals surface area contributed by atoms with Crippen molar-refractivity contribution < 1.29 is 4.79 Å². The van der Waals surface area contributed by atoms with Gasteiger partial charge in [0.15, 0.2) is 0 Å². The van der Waals surface area contributed by atoms with Crippen LogP contribution in [0.4, 0.5) is 0 Å². The molecule has 0 bridgehead atoms. The highest BCUT2D eigenvalue weighted by atomic mass is 16.2. The quantitative estimate of drug-likeness (QED) is 0.862. The highest BCUT2D eigenvalue weighted by Gasteiger charge is 2.30. The van der Waals surface area contributed by atoms with Gasteiger partial charge in [0.2, 0.25) is 0 Å². The van der Waals surface area contributed by atoms with Crippen LogP contribution in [-0.2, 0) is 12.8 Å². The first kappa shape index (κ1) is 17.9. The molecule has 2 saturated heterocycles. The van der Waals surface area contributed by atoms with Crippen molar-refractivity contribution in [1.29, 1.82) is 0 Å². The molecule has 2 heterocycles. The maximum Gasteiger partial charge on any atom is 0.253 e. The minimum Gasteiger partial charge on any atom is -0.336 e. The van der Waals surface area contributed by atoms with E-state index < -0.39 is 0 Å². The zero-order valence-electron chi connectivity index (χ0n) is 16.2. The second-order valence-corrected chi connectivity index (χ2v) is 8.19. The molecular formula is C23H28N4O. The highest BCUT2D eigenvalue weighted by Crippen LogP contribution is 2.26. The molecule has 1 unspecified atom stereocenters. The third kappa shape index (κ3) is 3.46. The van der Waals surface area contributed by atoms with Crippen molar-refractivity contribution in [2.24, 2.45) is 0 Å². The summed E-state index contributed by atoms with van der Waals surface area (Å²) in [7, 11) is 0. The molecule has 1 atom stereocenters. The largest absolute Gasteiger partial charge is 0.336 e. The third-order valence-electron chi connectivity index (χ3n) is 6.54. The molecule has 0 aromatic heterocycles. The monoisotopic (exact) mass is 376 g/mol. The van der Waals surface area contributed by atoms with E-state index in [0.717, 1.165) is 57.5 Å². The van der Waals surface area contributed by atoms with Crippen LogP contribution in [0.15, 0.2) is 48.5 Å². The summed E-state index contributed by atoms with van der Waals surface area (Å²) in [5.41, 5.74) is 11.5. The number of hydrogen-bond acceptors (Lipinski definition) is 4. The number of benzene rings is 2. The molecule has 2 aromatic rings. The van der Waals surface area contributed by atoms with Crippen LogP contribution in [0, 0.1) is 0 Å². The summed E-state index contributed by atoms with van der Waals surface area (Å²) < 4.78 is 0. The standard InChI is InChI=1S/C23H28N4O/c28-23(18-7-5-17(6-8-18)22-9-10-24-25-22)27-13-11-26(12-14-27)21-15-19-3-1-2-4-20(19)16-21/h1-8,21-22,24-25H,9-16H2. The Kier molecular flexibility index (Phi) is 4.89. The number of hydrazine groups is 1. The van der Waals surface area contributed by atoms with Gasteiger partial charge < -0.3 is 4.90 Å². The first-order valence-electron chi connectivity index (χ1n) is 10.5. The summed E-state index contributed by atoms with van der Waals surface area (Å²) in [5, 5.41) is 0. The number of rotatable bonds is 3. The second kappa shape index (κ2) is 7.66. The molecule has 3 aliphatic rings. The summed E-state index contributed by atoms with van der Waals surface area (Å²) in [5.74, 6) is 0.165. The third-order valence-corrected chi connectivity index (χ3v) is 6.54. The summed E-state index contributed by atoms with van der Waals surface area (Å²) in [6, 6.07) is 17.9. The van der Waals surface area contributed by atoms with E-state index in [1.54, 1.807) is 0 Å². The number of nitrogens with one attached hydrogen (secondary N) is 2. The number of hydrogen-bond donors (Lipinski definition) is 2. The summed E-state index contributed by atoms with van der Waals surface area (Å²) in [6.45, 7) is 4.57. The van der Waals surface area contributed by atoms with Gasteiger partial charge >= 0.3 is 0 Å². The van der Waals surface area contributed by atoms with Crippen molar-refractivity contribution in [3.63, 3.8) is 0 Å². The number of piperazine rings is 1. The Labute approximate surface area is 166 Å². The maximum atomic E-state index is 12.9. The lowest BCUT2D eigenvalue weighted by molar-refractivity contribution is 0.0576. The van der Waals surface area contributed by atoms with Crippen LogP contribution in [0.25, 0.3) is 0 Å². The van der Waals surface area contributed by atoms with Crippen LogP contribution in [0.1, 0.15) is 39.5 Å². The fraction of sp³-hybridized carbons (Fsp3) is 0.435. The van der Waals surface area contributed by atoms with Crippen LogP contribution in [0.3, 0.4) is 0 Å². The lowest BCUT2D eigenvalue weighted by Gasteiger charge is -2.38. The van der Waals surface area contributed by atoms with Gasteiger partial charge in [-0.25, -0.2) is 0 Å². The zero-order valence-corrected chi connectivity index (χ0v) is 16.2. The summed E-state index contributed by atoms with van der Waals surface area (Å²) >= 11 is 0. The fourth-order valence-electron chi connectivity index (χ4n) is 4.86. The molecule has 2 fully saturated rings. The molecule has 1 aliphatic carbocycles. The smallest absolute Gasteiger partial charge is 0.253 e. The average molecular weight is 377 g/mol. The normalized spacial score (nSPS) is 23.1. The van der Waals surface area contributed by atoms with Crippen molar-refractivity contribution in [2.45, 2.75) is 31.3 Å². The van der Waals surface area contributed by atoms with Gasteiger partial charge in [-0.05, 0) is 48.1 Å². The van der Waals surface area contributed by atoms with E-state index in [4.69, 9.17) is 0 Å². The predicted molar refractivity (Wildman–Crippen MR) is 110 cm³/mol. The summed E-state index contributed by atoms with van der Waals surface area (Å²) in [6.07, 6.45) is 3.38. The van der Waals surface area contributed by atoms with Crippen molar-refractivity contribution in [1.82, 2.24) is 20.7 Å². The summed E-state index contributed by atoms with van der Waals surface area (Å²) in [4.78, 5) is 17.5. The van der Waals surface area contributed by atoms with E-state index >= 15 is 0 Å². The maximum absolute atomic E-state index is 12.9. The average Bonchev–Trinajstić information content (AvgIpc) is 3.43. The van der Waals surface area contributed by atoms with Crippen LogP contribution in [0.5, 0.6) is 0 Å². The van der Waals surface area contributed by atoms with Crippen molar-refractivity contribution in [3.8, 4) is 0 Å². The number of amides is 1. The molecule has 2 aliphatic heterocycles. The Hall–Kier alpha value is -2.21. The topological polar surface area (TPSA) is 47.6 Å². The van der Waals surface area contributed by atoms with E-state index in [9.17, 15) is 4.79 Å². The van der Waals surface area contributed by atoms with Gasteiger partial charge in [-0.1, -0.05) is 36.4 Å². The lowest BCUT2D eigenvalue weighted by Crippen LogP contribution is -2.52. The first-order valence-corrected chi connectivity index (χ1v) is 10.5. The van der Waals surface area contributed by atoms with Crippen molar-refractivity contribution in [2.75, 3.05) is 32.7 Å². The van der Waals surface area contributed by atoms with Gasteiger partial charge in [-0.15, -0.1) is 0 Å². The molecule has 5 rings (SSSR count). The molecule has 0 spiro atoms. The number of nitrogens with zero attached hydrogens (tertiary/aromatic N) is 2. The Morgan fingerprint density at radius 3 is 2.18 bits per heavy atom. The Morgan fingerprint density at radius 1 is 0.893 bits per heavy atom. The zero-order chi connectivity index (χ0) is 18.9. The van der Waals surface area contributed by atoms with Crippen molar-refractivity contribution in [3.05, 3.63) is 70.8 Å². The first-order chi connectivity index (χ1) is 13.8. The Morgan fingerprint density at radius 2 is 1.57 bits per heavy atom. The molecule has 2 aromatic carbocycles. The minimum absolute atomic E-state index is 0.165. The van der Waals surface area contributed by atoms with Gasteiger partial charge in [0.25, 0.3) is 5.91 Å². The van der Waals surface area contributed by atoms with Gasteiger partial charge in [-0.2, -0.15) is 0 Å². The molecule has 2 N–H and O–H groups in total. The van der Waals surface area contributed by atoms with Gasteiger partial charge in [-0.3, -0.25) is 20.5 Å². The Bertz CT molecular complexity index is 811. The molecule has 5 nitrogen and oxygen atoms in total. The Balaban J connectivity index is 1.17. The second-order valence-electron chi connectivity index (χ2n) is 8.19. The molecule has 28 heavy (non-hydrogen) atoms. The minimum atomic E-state index is 0.165. The van der Waals surface area contributed by atoms with Gasteiger partial charge in [0, 0.05) is 50.4 Å². The van der Waals surface area contributed by atoms with Crippen LogP contribution in [0.2, 0.25) is 0 Å². The van der Waals surface area contributed by atoms with Gasteiger partial charge in [0.1, 0.15) is 0 Å². The van der Waals surface area contributed by atoms with Crippen LogP contribution < -0.4 is 10.9 Å². The van der Waals surface area contributed by atoms with E-state index in [1.807, 2.05) is 17.0 Å². The molecule has 1 amide bonds. The molecule has 0 radical (unpaired) electrons. The SMILES string of the molecule is O=C(c1ccc(C2CCNN2)cc1)N1CCN(C2Cc3ccccc3C2)CC1. The number of fused-ring (bicyclic) bond motifs is 1. The van der Waals surface area contributed by atoms with Crippen LogP contribution >= 0.6 is 0 Å². The molecular weight excluding hydrogens is 348 g/mol. The fourth-order valence-corrected chi connectivity index (χ4v) is 4.86. The van der Waals surface area contributed by atoms with E-state index in [1.165, 1.54) is 16.7 Å².